The molecule has 0 radical (unpaired) electrons. The van der Waals surface area contributed by atoms with Crippen molar-refractivity contribution in [2.75, 3.05) is 11.1 Å². The molecule has 0 amide bonds. The molecule has 1 aliphatic heterocycles. The molecule has 0 saturated heterocycles. The van der Waals surface area contributed by atoms with Crippen LogP contribution in [0.3, 0.4) is 0 Å². The summed E-state index contributed by atoms with van der Waals surface area (Å²) < 4.78 is 0. The molecule has 1 unspecified atom stereocenters. The predicted molar refractivity (Wildman–Crippen MR) is 81.4 cm³/mol. The van der Waals surface area contributed by atoms with Crippen molar-refractivity contribution in [3.05, 3.63) is 63.7 Å². The van der Waals surface area contributed by atoms with Gasteiger partial charge in [-0.1, -0.05) is 18.2 Å². The average molecular weight is 286 g/mol. The third-order valence-electron chi connectivity index (χ3n) is 3.43. The number of aryl methyl sites for hydroxylation is 1. The highest BCUT2D eigenvalue weighted by molar-refractivity contribution is 7.99. The minimum absolute atomic E-state index is 0.164. The van der Waals surface area contributed by atoms with E-state index in [-0.39, 0.29) is 16.7 Å². The fourth-order valence-electron chi connectivity index (χ4n) is 2.43. The molecule has 3 rings (SSSR count). The number of hydrogen-bond donors (Lipinski definition) is 1. The van der Waals surface area contributed by atoms with Gasteiger partial charge in [0.05, 0.1) is 11.0 Å². The van der Waals surface area contributed by atoms with Crippen LogP contribution in [-0.2, 0) is 0 Å². The molecular formula is C15H14N2O2S. The predicted octanol–water partition coefficient (Wildman–Crippen LogP) is 4.16. The van der Waals surface area contributed by atoms with Gasteiger partial charge in [-0.15, -0.1) is 11.8 Å². The third kappa shape index (κ3) is 2.36. The summed E-state index contributed by atoms with van der Waals surface area (Å²) in [6, 6.07) is 13.8. The normalized spacial score (nSPS) is 16.8. The molecular weight excluding hydrogens is 272 g/mol. The Balaban J connectivity index is 1.83. The van der Waals surface area contributed by atoms with Crippen LogP contribution < -0.4 is 5.32 Å². The lowest BCUT2D eigenvalue weighted by Crippen LogP contribution is -2.09. The number of nitrogens with one attached hydrogen (secondary N) is 1. The van der Waals surface area contributed by atoms with Crippen molar-refractivity contribution in [2.24, 2.45) is 0 Å². The first-order valence-corrected chi connectivity index (χ1v) is 7.37. The minimum Gasteiger partial charge on any atom is -0.377 e. The molecule has 0 aliphatic carbocycles. The van der Waals surface area contributed by atoms with Gasteiger partial charge in [-0.05, 0) is 30.7 Å². The first-order valence-electron chi connectivity index (χ1n) is 6.38. The van der Waals surface area contributed by atoms with Crippen LogP contribution in [0.25, 0.3) is 0 Å². The quantitative estimate of drug-likeness (QED) is 0.680. The van der Waals surface area contributed by atoms with E-state index < -0.39 is 0 Å². The van der Waals surface area contributed by atoms with Gasteiger partial charge in [0.2, 0.25) is 0 Å². The Bertz CT molecular complexity index is 673. The van der Waals surface area contributed by atoms with Gasteiger partial charge in [-0.25, -0.2) is 0 Å². The van der Waals surface area contributed by atoms with Gasteiger partial charge in [0.25, 0.3) is 5.69 Å². The molecule has 2 aromatic rings. The van der Waals surface area contributed by atoms with Crippen molar-refractivity contribution in [1.82, 2.24) is 0 Å². The van der Waals surface area contributed by atoms with Crippen LogP contribution in [0.5, 0.6) is 0 Å². The monoisotopic (exact) mass is 286 g/mol. The van der Waals surface area contributed by atoms with Gasteiger partial charge in [-0.2, -0.15) is 0 Å². The Hall–Kier alpha value is -2.01. The molecule has 102 valence electrons. The number of nitro benzene ring substituents is 1. The Labute approximate surface area is 121 Å². The summed E-state index contributed by atoms with van der Waals surface area (Å²) in [5, 5.41) is 14.3. The molecule has 4 nitrogen and oxygen atoms in total. The topological polar surface area (TPSA) is 55.2 Å². The number of benzene rings is 2. The summed E-state index contributed by atoms with van der Waals surface area (Å²) >= 11 is 1.84. The molecule has 1 atom stereocenters. The number of anilines is 1. The van der Waals surface area contributed by atoms with Gasteiger partial charge in [0.1, 0.15) is 0 Å². The van der Waals surface area contributed by atoms with Crippen molar-refractivity contribution in [1.29, 1.82) is 0 Å². The summed E-state index contributed by atoms with van der Waals surface area (Å²) in [6.45, 7) is 1.76. The lowest BCUT2D eigenvalue weighted by Gasteiger charge is -2.15. The first kappa shape index (κ1) is 13.0. The maximum atomic E-state index is 10.8. The fourth-order valence-corrected chi connectivity index (χ4v) is 3.59. The molecule has 0 spiro atoms. The van der Waals surface area contributed by atoms with E-state index in [1.807, 2.05) is 30.0 Å². The molecule has 0 saturated carbocycles. The van der Waals surface area contributed by atoms with E-state index >= 15 is 0 Å². The second-order valence-electron chi connectivity index (χ2n) is 4.80. The summed E-state index contributed by atoms with van der Waals surface area (Å²) in [6.07, 6.45) is 0. The molecule has 5 heteroatoms. The highest BCUT2D eigenvalue weighted by Gasteiger charge is 2.22. The molecule has 1 heterocycles. The van der Waals surface area contributed by atoms with Crippen LogP contribution in [0.4, 0.5) is 11.4 Å². The molecule has 1 aliphatic rings. The van der Waals surface area contributed by atoms with Crippen LogP contribution in [-0.4, -0.2) is 10.7 Å². The first-order chi connectivity index (χ1) is 9.65. The summed E-state index contributed by atoms with van der Waals surface area (Å²) in [4.78, 5) is 11.8. The third-order valence-corrected chi connectivity index (χ3v) is 4.62. The Morgan fingerprint density at radius 2 is 2.10 bits per heavy atom. The average Bonchev–Trinajstić information content (AvgIpc) is 2.82. The largest absolute Gasteiger partial charge is 0.377 e. The van der Waals surface area contributed by atoms with Crippen LogP contribution >= 0.6 is 11.8 Å². The zero-order valence-corrected chi connectivity index (χ0v) is 11.8. The van der Waals surface area contributed by atoms with Gasteiger partial charge in [0.15, 0.2) is 0 Å². The van der Waals surface area contributed by atoms with Crippen LogP contribution in [0, 0.1) is 17.0 Å². The number of nitrogens with zero attached hydrogens (tertiary/aromatic N) is 1. The molecule has 0 bridgehead atoms. The standard InChI is InChI=1S/C15H14N2O2S/c1-10-8-11(6-7-14(10)17(18)19)16-13-9-20-15-5-3-2-4-12(13)15/h2-8,13,16H,9H2,1H3. The van der Waals surface area contributed by atoms with E-state index in [0.29, 0.717) is 5.56 Å². The van der Waals surface area contributed by atoms with E-state index in [1.54, 1.807) is 19.1 Å². The number of thioether (sulfide) groups is 1. The zero-order chi connectivity index (χ0) is 14.1. The molecule has 2 aromatic carbocycles. The lowest BCUT2D eigenvalue weighted by atomic mass is 10.1. The van der Waals surface area contributed by atoms with Gasteiger partial charge < -0.3 is 5.32 Å². The maximum absolute atomic E-state index is 10.8. The second kappa shape index (κ2) is 5.17. The van der Waals surface area contributed by atoms with Gasteiger partial charge >= 0.3 is 0 Å². The van der Waals surface area contributed by atoms with Gasteiger partial charge in [-0.3, -0.25) is 10.1 Å². The molecule has 20 heavy (non-hydrogen) atoms. The van der Waals surface area contributed by atoms with Crippen LogP contribution in [0.1, 0.15) is 17.2 Å². The van der Waals surface area contributed by atoms with Crippen molar-refractivity contribution in [2.45, 2.75) is 17.9 Å². The Morgan fingerprint density at radius 3 is 2.85 bits per heavy atom. The molecule has 0 fully saturated rings. The SMILES string of the molecule is Cc1cc(NC2CSc3ccccc32)ccc1[N+](=O)[O-]. The van der Waals surface area contributed by atoms with Crippen LogP contribution in [0.15, 0.2) is 47.4 Å². The van der Waals surface area contributed by atoms with Crippen molar-refractivity contribution in [3.8, 4) is 0 Å². The smallest absolute Gasteiger partial charge is 0.272 e. The van der Waals surface area contributed by atoms with E-state index in [9.17, 15) is 10.1 Å². The highest BCUT2D eigenvalue weighted by atomic mass is 32.2. The number of fused-ring (bicyclic) bond motifs is 1. The van der Waals surface area contributed by atoms with Crippen molar-refractivity contribution in [3.63, 3.8) is 0 Å². The van der Waals surface area contributed by atoms with Crippen molar-refractivity contribution < 1.29 is 4.92 Å². The van der Waals surface area contributed by atoms with E-state index in [4.69, 9.17) is 0 Å². The van der Waals surface area contributed by atoms with Gasteiger partial charge in [0, 0.05) is 28.0 Å². The van der Waals surface area contributed by atoms with Crippen molar-refractivity contribution >= 4 is 23.1 Å². The summed E-state index contributed by atoms with van der Waals surface area (Å²) in [7, 11) is 0. The van der Waals surface area contributed by atoms with E-state index in [1.165, 1.54) is 10.5 Å². The molecule has 1 N–H and O–H groups in total. The second-order valence-corrected chi connectivity index (χ2v) is 5.87. The Kier molecular flexibility index (Phi) is 3.36. The van der Waals surface area contributed by atoms with E-state index in [2.05, 4.69) is 17.4 Å². The minimum atomic E-state index is -0.347. The Morgan fingerprint density at radius 1 is 1.30 bits per heavy atom. The van der Waals surface area contributed by atoms with Crippen LogP contribution in [0.2, 0.25) is 0 Å². The lowest BCUT2D eigenvalue weighted by molar-refractivity contribution is -0.385. The maximum Gasteiger partial charge on any atom is 0.272 e. The number of nitro groups is 1. The summed E-state index contributed by atoms with van der Waals surface area (Å²) in [5.41, 5.74) is 3.07. The number of rotatable bonds is 3. The highest BCUT2D eigenvalue weighted by Crippen LogP contribution is 2.39. The zero-order valence-electron chi connectivity index (χ0n) is 11.0. The number of hydrogen-bond acceptors (Lipinski definition) is 4. The fraction of sp³-hybridized carbons (Fsp3) is 0.200. The molecule has 0 aromatic heterocycles. The summed E-state index contributed by atoms with van der Waals surface area (Å²) in [5.74, 6) is 0.982. The van der Waals surface area contributed by atoms with E-state index in [0.717, 1.165) is 11.4 Å².